The fourth-order valence-electron chi connectivity index (χ4n) is 2.97. The Balaban J connectivity index is 1.45. The standard InChI is InChI=1S/C18H14F4N6O2/c19-13-3-1-11(2-4-13)12-5-7-27(8-6-12)16-23-10-28(17(29)25-16)9-14-24-15(26-30-14)18(20,21)22/h1-5,10H,6-9H2. The molecule has 0 bridgehead atoms. The van der Waals surface area contributed by atoms with E-state index in [0.717, 1.165) is 15.7 Å². The van der Waals surface area contributed by atoms with Crippen LogP contribution in [0.2, 0.25) is 0 Å². The SMILES string of the molecule is O=c1nc(N2CC=C(c3ccc(F)cc3)CC2)ncn1Cc1nc(C(F)(F)F)no1. The molecule has 0 fully saturated rings. The molecule has 4 rings (SSSR count). The fraction of sp³-hybridized carbons (Fsp3) is 0.278. The molecule has 0 radical (unpaired) electrons. The molecule has 3 heterocycles. The molecule has 1 aliphatic heterocycles. The molecule has 30 heavy (non-hydrogen) atoms. The van der Waals surface area contributed by atoms with Crippen LogP contribution in [-0.2, 0) is 12.7 Å². The summed E-state index contributed by atoms with van der Waals surface area (Å²) in [6.07, 6.45) is -0.966. The summed E-state index contributed by atoms with van der Waals surface area (Å²) in [4.78, 5) is 25.2. The Morgan fingerprint density at radius 1 is 1.13 bits per heavy atom. The average Bonchev–Trinajstić information content (AvgIpc) is 3.20. The number of anilines is 1. The molecule has 0 atom stereocenters. The molecule has 1 aliphatic rings. The molecular weight excluding hydrogens is 408 g/mol. The summed E-state index contributed by atoms with van der Waals surface area (Å²) in [5.41, 5.74) is 1.27. The van der Waals surface area contributed by atoms with Crippen LogP contribution < -0.4 is 10.6 Å². The number of aromatic nitrogens is 5. The van der Waals surface area contributed by atoms with Crippen molar-refractivity contribution in [1.29, 1.82) is 0 Å². The highest BCUT2D eigenvalue weighted by Crippen LogP contribution is 2.26. The summed E-state index contributed by atoms with van der Waals surface area (Å²) < 4.78 is 56.1. The molecule has 2 aromatic heterocycles. The van der Waals surface area contributed by atoms with Crippen LogP contribution in [0.15, 0.2) is 46.0 Å². The Morgan fingerprint density at radius 3 is 2.50 bits per heavy atom. The summed E-state index contributed by atoms with van der Waals surface area (Å²) in [5, 5.41) is 2.84. The van der Waals surface area contributed by atoms with E-state index < -0.39 is 17.7 Å². The number of halogens is 4. The minimum atomic E-state index is -4.73. The van der Waals surface area contributed by atoms with Crippen molar-refractivity contribution in [3.8, 4) is 0 Å². The van der Waals surface area contributed by atoms with Gasteiger partial charge in [0.05, 0.1) is 0 Å². The highest BCUT2D eigenvalue weighted by atomic mass is 19.4. The van der Waals surface area contributed by atoms with Gasteiger partial charge in [-0.25, -0.2) is 14.2 Å². The van der Waals surface area contributed by atoms with Crippen molar-refractivity contribution in [2.45, 2.75) is 19.1 Å². The predicted molar refractivity (Wildman–Crippen MR) is 95.9 cm³/mol. The first-order valence-corrected chi connectivity index (χ1v) is 8.83. The monoisotopic (exact) mass is 422 g/mol. The van der Waals surface area contributed by atoms with E-state index in [2.05, 4.69) is 24.6 Å². The highest BCUT2D eigenvalue weighted by molar-refractivity contribution is 5.68. The number of nitrogens with zero attached hydrogens (tertiary/aromatic N) is 6. The Hall–Kier alpha value is -3.57. The van der Waals surface area contributed by atoms with Gasteiger partial charge in [0.2, 0.25) is 11.8 Å². The number of benzene rings is 1. The maximum Gasteiger partial charge on any atom is 0.455 e. The topological polar surface area (TPSA) is 89.9 Å². The Bertz CT molecular complexity index is 1140. The summed E-state index contributed by atoms with van der Waals surface area (Å²) in [7, 11) is 0. The lowest BCUT2D eigenvalue weighted by molar-refractivity contribution is -0.146. The zero-order valence-electron chi connectivity index (χ0n) is 15.3. The van der Waals surface area contributed by atoms with Crippen LogP contribution >= 0.6 is 0 Å². The van der Waals surface area contributed by atoms with Gasteiger partial charge < -0.3 is 9.42 Å². The molecule has 156 valence electrons. The normalized spacial score (nSPS) is 14.7. The number of hydrogen-bond donors (Lipinski definition) is 0. The van der Waals surface area contributed by atoms with Gasteiger partial charge in [-0.2, -0.15) is 23.1 Å². The molecule has 0 amide bonds. The first-order valence-electron chi connectivity index (χ1n) is 8.83. The second-order valence-corrected chi connectivity index (χ2v) is 6.51. The number of alkyl halides is 3. The van der Waals surface area contributed by atoms with Crippen LogP contribution in [0.3, 0.4) is 0 Å². The Morgan fingerprint density at radius 2 is 1.90 bits per heavy atom. The van der Waals surface area contributed by atoms with Crippen molar-refractivity contribution in [2.24, 2.45) is 0 Å². The third-order valence-electron chi connectivity index (χ3n) is 4.49. The zero-order chi connectivity index (χ0) is 21.3. The van der Waals surface area contributed by atoms with Crippen molar-refractivity contribution in [2.75, 3.05) is 18.0 Å². The van der Waals surface area contributed by atoms with E-state index in [4.69, 9.17) is 0 Å². The van der Waals surface area contributed by atoms with E-state index in [1.165, 1.54) is 18.5 Å². The van der Waals surface area contributed by atoms with E-state index in [-0.39, 0.29) is 24.2 Å². The van der Waals surface area contributed by atoms with Crippen molar-refractivity contribution in [3.05, 3.63) is 70.2 Å². The molecule has 1 aromatic carbocycles. The van der Waals surface area contributed by atoms with Crippen molar-refractivity contribution < 1.29 is 22.1 Å². The number of hydrogen-bond acceptors (Lipinski definition) is 7. The Kier molecular flexibility index (Phi) is 5.06. The van der Waals surface area contributed by atoms with Crippen LogP contribution in [0.4, 0.5) is 23.5 Å². The lowest BCUT2D eigenvalue weighted by Gasteiger charge is -2.26. The van der Waals surface area contributed by atoms with Crippen LogP contribution in [0.1, 0.15) is 23.7 Å². The van der Waals surface area contributed by atoms with Crippen LogP contribution in [0.25, 0.3) is 5.57 Å². The summed E-state index contributed by atoms with van der Waals surface area (Å²) >= 11 is 0. The molecular formula is C18H14F4N6O2. The molecule has 0 N–H and O–H groups in total. The molecule has 0 aliphatic carbocycles. The van der Waals surface area contributed by atoms with Gasteiger partial charge in [0.25, 0.3) is 5.82 Å². The van der Waals surface area contributed by atoms with Crippen molar-refractivity contribution >= 4 is 11.5 Å². The van der Waals surface area contributed by atoms with E-state index in [1.54, 1.807) is 17.0 Å². The highest BCUT2D eigenvalue weighted by Gasteiger charge is 2.37. The fourth-order valence-corrected chi connectivity index (χ4v) is 2.97. The minimum absolute atomic E-state index is 0.201. The van der Waals surface area contributed by atoms with Crippen molar-refractivity contribution in [3.63, 3.8) is 0 Å². The summed E-state index contributed by atoms with van der Waals surface area (Å²) in [5.74, 6) is -1.90. The van der Waals surface area contributed by atoms with Gasteiger partial charge >= 0.3 is 11.9 Å². The molecule has 12 heteroatoms. The molecule has 8 nitrogen and oxygen atoms in total. The largest absolute Gasteiger partial charge is 0.455 e. The average molecular weight is 422 g/mol. The van der Waals surface area contributed by atoms with Crippen LogP contribution in [0, 0.1) is 5.82 Å². The quantitative estimate of drug-likeness (QED) is 0.597. The van der Waals surface area contributed by atoms with Crippen LogP contribution in [-0.4, -0.2) is 37.8 Å². The first-order chi connectivity index (χ1) is 14.3. The molecule has 0 unspecified atom stereocenters. The first kappa shape index (κ1) is 19.7. The van der Waals surface area contributed by atoms with Crippen LogP contribution in [0.5, 0.6) is 0 Å². The van der Waals surface area contributed by atoms with Gasteiger partial charge in [-0.05, 0) is 29.7 Å². The van der Waals surface area contributed by atoms with Gasteiger partial charge in [-0.1, -0.05) is 23.4 Å². The molecule has 3 aromatic rings. The summed E-state index contributed by atoms with van der Waals surface area (Å²) in [6.45, 7) is 0.622. The molecule has 0 saturated carbocycles. The molecule has 0 spiro atoms. The van der Waals surface area contributed by atoms with Gasteiger partial charge in [0, 0.05) is 13.1 Å². The third-order valence-corrected chi connectivity index (χ3v) is 4.49. The zero-order valence-corrected chi connectivity index (χ0v) is 15.3. The number of rotatable bonds is 4. The minimum Gasteiger partial charge on any atom is -0.337 e. The van der Waals surface area contributed by atoms with Crippen molar-refractivity contribution in [1.82, 2.24) is 24.7 Å². The second kappa shape index (κ2) is 7.69. The van der Waals surface area contributed by atoms with Gasteiger partial charge in [-0.3, -0.25) is 4.57 Å². The lowest BCUT2D eigenvalue weighted by Crippen LogP contribution is -2.34. The second-order valence-electron chi connectivity index (χ2n) is 6.51. The molecule has 0 saturated heterocycles. The van der Waals surface area contributed by atoms with E-state index in [0.29, 0.717) is 19.5 Å². The third kappa shape index (κ3) is 4.21. The van der Waals surface area contributed by atoms with Gasteiger partial charge in [0.1, 0.15) is 18.7 Å². The van der Waals surface area contributed by atoms with Gasteiger partial charge in [0.15, 0.2) is 0 Å². The summed E-state index contributed by atoms with van der Waals surface area (Å²) in [6, 6.07) is 6.20. The maximum atomic E-state index is 13.1. The lowest BCUT2D eigenvalue weighted by atomic mass is 10.00. The smallest absolute Gasteiger partial charge is 0.337 e. The van der Waals surface area contributed by atoms with E-state index in [9.17, 15) is 22.4 Å². The Labute approximate surface area is 166 Å². The van der Waals surface area contributed by atoms with E-state index >= 15 is 0 Å². The predicted octanol–water partition coefficient (Wildman–Crippen LogP) is 2.52. The van der Waals surface area contributed by atoms with Gasteiger partial charge in [-0.15, -0.1) is 0 Å². The van der Waals surface area contributed by atoms with E-state index in [1.807, 2.05) is 6.08 Å². The maximum absolute atomic E-state index is 13.1.